The summed E-state index contributed by atoms with van der Waals surface area (Å²) in [6, 6.07) is -1.77. The van der Waals surface area contributed by atoms with E-state index in [4.69, 9.17) is 5.11 Å². The summed E-state index contributed by atoms with van der Waals surface area (Å²) in [4.78, 5) is 34.1. The Labute approximate surface area is 113 Å². The van der Waals surface area contributed by atoms with E-state index in [0.717, 1.165) is 0 Å². The second-order valence-corrected chi connectivity index (χ2v) is 4.98. The van der Waals surface area contributed by atoms with E-state index in [1.54, 1.807) is 20.8 Å². The second kappa shape index (κ2) is 7.56. The Morgan fingerprint density at radius 3 is 2.00 bits per heavy atom. The molecule has 0 bridgehead atoms. The average Bonchev–Trinajstić information content (AvgIpc) is 2.23. The summed E-state index contributed by atoms with van der Waals surface area (Å²) < 4.78 is 0. The van der Waals surface area contributed by atoms with Crippen molar-refractivity contribution in [3.63, 3.8) is 0 Å². The first-order chi connectivity index (χ1) is 8.65. The largest absolute Gasteiger partial charge is 0.480 e. The van der Waals surface area contributed by atoms with Crippen molar-refractivity contribution >= 4 is 17.8 Å². The molecule has 108 valence electrons. The van der Waals surface area contributed by atoms with Gasteiger partial charge in [-0.25, -0.2) is 4.79 Å². The molecule has 0 aliphatic carbocycles. The van der Waals surface area contributed by atoms with Gasteiger partial charge in [0.15, 0.2) is 0 Å². The molecule has 0 aliphatic heterocycles. The van der Waals surface area contributed by atoms with Crippen LogP contribution in [0.4, 0.5) is 0 Å². The van der Waals surface area contributed by atoms with Crippen LogP contribution >= 0.6 is 0 Å². The molecule has 6 heteroatoms. The van der Waals surface area contributed by atoms with Crippen molar-refractivity contribution in [2.24, 2.45) is 5.92 Å². The maximum Gasteiger partial charge on any atom is 0.326 e. The van der Waals surface area contributed by atoms with E-state index in [1.165, 1.54) is 6.92 Å². The van der Waals surface area contributed by atoms with Crippen molar-refractivity contribution in [1.82, 2.24) is 10.6 Å². The molecule has 0 rings (SSSR count). The average molecular weight is 270 g/mol. The molecule has 0 heterocycles. The molecule has 19 heavy (non-hydrogen) atoms. The molecule has 0 aliphatic rings. The molecular weight excluding hydrogens is 248 g/mol. The van der Waals surface area contributed by atoms with Crippen LogP contribution in [0.25, 0.3) is 0 Å². The highest BCUT2D eigenvalue weighted by atomic mass is 16.4. The van der Waals surface area contributed by atoms with Crippen LogP contribution in [-0.2, 0) is 14.4 Å². The third kappa shape index (κ3) is 6.59. The molecule has 2 atom stereocenters. The third-order valence-electron chi connectivity index (χ3n) is 2.48. The van der Waals surface area contributed by atoms with Gasteiger partial charge in [0.05, 0.1) is 0 Å². The lowest BCUT2D eigenvalue weighted by molar-refractivity contribution is -0.142. The van der Waals surface area contributed by atoms with Crippen LogP contribution < -0.4 is 10.6 Å². The molecule has 0 saturated heterocycles. The molecule has 0 fully saturated rings. The van der Waals surface area contributed by atoms with Crippen LogP contribution in [-0.4, -0.2) is 35.0 Å². The van der Waals surface area contributed by atoms with Gasteiger partial charge in [-0.3, -0.25) is 9.59 Å². The number of hydrogen-bond acceptors (Lipinski definition) is 3. The van der Waals surface area contributed by atoms with E-state index in [0.29, 0.717) is 5.57 Å². The predicted octanol–water partition coefficient (Wildman–Crippen LogP) is 0.683. The van der Waals surface area contributed by atoms with E-state index >= 15 is 0 Å². The van der Waals surface area contributed by atoms with Gasteiger partial charge >= 0.3 is 5.97 Å². The first-order valence-corrected chi connectivity index (χ1v) is 6.09. The van der Waals surface area contributed by atoms with Crippen LogP contribution in [0.3, 0.4) is 0 Å². The molecule has 0 unspecified atom stereocenters. The van der Waals surface area contributed by atoms with Crippen molar-refractivity contribution in [1.29, 1.82) is 0 Å². The van der Waals surface area contributed by atoms with Crippen molar-refractivity contribution in [3.8, 4) is 0 Å². The predicted molar refractivity (Wildman–Crippen MR) is 71.4 cm³/mol. The summed E-state index contributed by atoms with van der Waals surface area (Å²) in [6.07, 6.45) is 0.159. The van der Waals surface area contributed by atoms with Gasteiger partial charge in [0.2, 0.25) is 11.8 Å². The summed E-state index contributed by atoms with van der Waals surface area (Å²) >= 11 is 0. The number of nitrogens with one attached hydrogen (secondary N) is 2. The van der Waals surface area contributed by atoms with E-state index < -0.39 is 24.0 Å². The minimum absolute atomic E-state index is 0.136. The molecule has 0 spiro atoms. The van der Waals surface area contributed by atoms with Crippen molar-refractivity contribution in [2.45, 2.75) is 46.2 Å². The number of hydrogen-bond donors (Lipinski definition) is 3. The number of amides is 2. The van der Waals surface area contributed by atoms with Gasteiger partial charge in [0, 0.05) is 6.92 Å². The number of carboxylic acid groups (broad SMARTS) is 1. The molecule has 0 saturated carbocycles. The van der Waals surface area contributed by atoms with Crippen LogP contribution in [0.15, 0.2) is 12.2 Å². The molecule has 0 aromatic rings. The van der Waals surface area contributed by atoms with Crippen molar-refractivity contribution in [2.75, 3.05) is 0 Å². The molecule has 0 aromatic heterocycles. The summed E-state index contributed by atoms with van der Waals surface area (Å²) in [5.74, 6) is -2.09. The highest BCUT2D eigenvalue weighted by Crippen LogP contribution is 2.06. The standard InChI is InChI=1S/C13H22N2O4/c1-7(2)6-10(13(18)19)15-12(17)11(8(3)4)14-9(5)16/h8,10-11H,1,6H2,2-5H3,(H,14,16)(H,15,17)(H,18,19)/t10-,11-/m1/s1. The lowest BCUT2D eigenvalue weighted by atomic mass is 10.0. The lowest BCUT2D eigenvalue weighted by Gasteiger charge is -2.23. The zero-order valence-electron chi connectivity index (χ0n) is 11.8. The fourth-order valence-corrected chi connectivity index (χ4v) is 1.56. The van der Waals surface area contributed by atoms with Gasteiger partial charge < -0.3 is 15.7 Å². The second-order valence-electron chi connectivity index (χ2n) is 4.98. The maximum atomic E-state index is 12.0. The van der Waals surface area contributed by atoms with Gasteiger partial charge in [0.1, 0.15) is 12.1 Å². The normalized spacial score (nSPS) is 13.5. The summed E-state index contributed by atoms with van der Waals surface area (Å²) in [7, 11) is 0. The number of carbonyl (C=O) groups excluding carboxylic acids is 2. The van der Waals surface area contributed by atoms with Crippen LogP contribution in [0.5, 0.6) is 0 Å². The summed E-state index contributed by atoms with van der Waals surface area (Å²) in [5.41, 5.74) is 0.660. The zero-order valence-corrected chi connectivity index (χ0v) is 11.8. The molecule has 2 amide bonds. The first-order valence-electron chi connectivity index (χ1n) is 6.09. The van der Waals surface area contributed by atoms with Crippen LogP contribution in [0, 0.1) is 5.92 Å². The van der Waals surface area contributed by atoms with E-state index in [1.807, 2.05) is 0 Å². The number of aliphatic carboxylic acids is 1. The third-order valence-corrected chi connectivity index (χ3v) is 2.48. The van der Waals surface area contributed by atoms with Gasteiger partial charge in [-0.15, -0.1) is 6.58 Å². The number of rotatable bonds is 7. The molecule has 6 nitrogen and oxygen atoms in total. The van der Waals surface area contributed by atoms with E-state index in [9.17, 15) is 14.4 Å². The highest BCUT2D eigenvalue weighted by Gasteiger charge is 2.27. The Bertz CT molecular complexity index is 377. The molecular formula is C13H22N2O4. The Hall–Kier alpha value is -1.85. The minimum atomic E-state index is -1.12. The Morgan fingerprint density at radius 1 is 1.16 bits per heavy atom. The highest BCUT2D eigenvalue weighted by molar-refractivity contribution is 5.90. The molecule has 0 aromatic carbocycles. The zero-order chi connectivity index (χ0) is 15.2. The fraction of sp³-hybridized carbons (Fsp3) is 0.615. The Kier molecular flexibility index (Phi) is 6.82. The minimum Gasteiger partial charge on any atom is -0.480 e. The van der Waals surface area contributed by atoms with Crippen LogP contribution in [0.1, 0.15) is 34.1 Å². The topological polar surface area (TPSA) is 95.5 Å². The van der Waals surface area contributed by atoms with Gasteiger partial charge in [-0.05, 0) is 19.3 Å². The fourth-order valence-electron chi connectivity index (χ4n) is 1.56. The lowest BCUT2D eigenvalue weighted by Crippen LogP contribution is -2.53. The molecule has 3 N–H and O–H groups in total. The van der Waals surface area contributed by atoms with Gasteiger partial charge in [-0.2, -0.15) is 0 Å². The summed E-state index contributed by atoms with van der Waals surface area (Å²) in [5, 5.41) is 14.0. The quantitative estimate of drug-likeness (QED) is 0.593. The number of carboxylic acids is 1. The van der Waals surface area contributed by atoms with Gasteiger partial charge in [-0.1, -0.05) is 19.4 Å². The van der Waals surface area contributed by atoms with Crippen LogP contribution in [0.2, 0.25) is 0 Å². The Balaban J connectivity index is 4.80. The first kappa shape index (κ1) is 17.2. The summed E-state index contributed by atoms with van der Waals surface area (Å²) in [6.45, 7) is 10.2. The van der Waals surface area contributed by atoms with Gasteiger partial charge in [0.25, 0.3) is 0 Å². The SMILES string of the molecule is C=C(C)C[C@@H](NC(=O)[C@H](NC(C)=O)C(C)C)C(=O)O. The Morgan fingerprint density at radius 2 is 1.68 bits per heavy atom. The molecule has 0 radical (unpaired) electrons. The van der Waals surface area contributed by atoms with E-state index in [2.05, 4.69) is 17.2 Å². The van der Waals surface area contributed by atoms with Crippen molar-refractivity contribution in [3.05, 3.63) is 12.2 Å². The smallest absolute Gasteiger partial charge is 0.326 e. The monoisotopic (exact) mass is 270 g/mol. The van der Waals surface area contributed by atoms with Crippen molar-refractivity contribution < 1.29 is 19.5 Å². The maximum absolute atomic E-state index is 12.0. The van der Waals surface area contributed by atoms with E-state index in [-0.39, 0.29) is 18.2 Å². The number of carbonyl (C=O) groups is 3.